The number of carboxylic acid groups (broad SMARTS) is 2. The number of carboxylic acids is 2. The Morgan fingerprint density at radius 1 is 1.08 bits per heavy atom. The molecule has 0 bridgehead atoms. The number of carbonyl (C=O) groups is 6. The third-order valence-electron chi connectivity index (χ3n) is 8.30. The molecule has 22 heteroatoms. The number of fused-ring (bicyclic) bond motifs is 1. The zero-order chi connectivity index (χ0) is 35.4. The normalized spacial score (nSPS) is 25.7. The van der Waals surface area contributed by atoms with Gasteiger partial charge in [-0.3, -0.25) is 24.1 Å². The topological polar surface area (TPSA) is 293 Å². The summed E-state index contributed by atoms with van der Waals surface area (Å²) in [6, 6.07) is -0.151. The van der Waals surface area contributed by atoms with Gasteiger partial charge in [0.25, 0.3) is 17.7 Å². The molecule has 3 atom stereocenters. The minimum absolute atomic E-state index is 0.0574. The fourth-order valence-corrected chi connectivity index (χ4v) is 6.09. The van der Waals surface area contributed by atoms with Gasteiger partial charge in [0.15, 0.2) is 28.6 Å². The zero-order valence-electron chi connectivity index (χ0n) is 25.2. The molecule has 3 fully saturated rings. The van der Waals surface area contributed by atoms with Crippen LogP contribution in [0.15, 0.2) is 22.7 Å². The number of piperidine rings is 1. The number of hydroxylamine groups is 2. The summed E-state index contributed by atoms with van der Waals surface area (Å²) in [6.45, 7) is 0.216. The van der Waals surface area contributed by atoms with Crippen molar-refractivity contribution >= 4 is 57.8 Å². The molecule has 5 heterocycles. The maximum Gasteiger partial charge on any atom is 0.368 e. The van der Waals surface area contributed by atoms with E-state index in [2.05, 4.69) is 15.5 Å². The van der Waals surface area contributed by atoms with E-state index in [1.165, 1.54) is 5.38 Å². The molecule has 1 unspecified atom stereocenters. The molecule has 0 radical (unpaired) electrons. The molecule has 7 N–H and O–H groups in total. The van der Waals surface area contributed by atoms with E-state index in [-0.39, 0.29) is 34.8 Å². The molecule has 3 amide bonds. The Bertz CT molecular complexity index is 1770. The lowest BCUT2D eigenvalue weighted by Gasteiger charge is -2.35. The van der Waals surface area contributed by atoms with Crippen LogP contribution in [0.4, 0.5) is 5.13 Å². The number of nitrogens with one attached hydrogen (secondary N) is 1. The third-order valence-corrected chi connectivity index (χ3v) is 8.97. The van der Waals surface area contributed by atoms with Crippen LogP contribution in [0.3, 0.4) is 0 Å². The number of anilines is 1. The van der Waals surface area contributed by atoms with Crippen molar-refractivity contribution < 1.29 is 68.4 Å². The van der Waals surface area contributed by atoms with Crippen molar-refractivity contribution in [1.82, 2.24) is 25.3 Å². The van der Waals surface area contributed by atoms with Crippen molar-refractivity contribution in [3.8, 4) is 11.5 Å². The predicted molar refractivity (Wildman–Crippen MR) is 157 cm³/mol. The molecule has 3 saturated heterocycles. The molecular formula is C27H27N7O14S. The first kappa shape index (κ1) is 33.5. The summed E-state index contributed by atoms with van der Waals surface area (Å²) in [7, 11) is 1.81. The average Bonchev–Trinajstić information content (AvgIpc) is 3.82. The van der Waals surface area contributed by atoms with Gasteiger partial charge in [-0.1, -0.05) is 5.16 Å². The quantitative estimate of drug-likeness (QED) is 0.0564. The molecule has 49 heavy (non-hydrogen) atoms. The molecule has 260 valence electrons. The van der Waals surface area contributed by atoms with Crippen LogP contribution in [-0.4, -0.2) is 132 Å². The lowest BCUT2D eigenvalue weighted by atomic mass is 9.92. The lowest BCUT2D eigenvalue weighted by molar-refractivity contribution is -0.395. The maximum atomic E-state index is 13.4. The summed E-state index contributed by atoms with van der Waals surface area (Å²) in [4.78, 5) is 99.8. The van der Waals surface area contributed by atoms with Gasteiger partial charge in [-0.15, -0.1) is 11.3 Å². The van der Waals surface area contributed by atoms with Crippen LogP contribution in [0.1, 0.15) is 45.7 Å². The number of nitrogens with two attached hydrogens (primary N) is 1. The number of ether oxygens (including phenoxy) is 1. The summed E-state index contributed by atoms with van der Waals surface area (Å²) >= 11 is 0.961. The standard InChI is InChI=1S/C27H27N7O14S/c1-32-4-2-26(3-5-32,23(41)42)48-31-18(13-10-49-25(28)29-13)19(37)30-17-9-45-34(47-17)27(24(43)44)8-14(22(40)46-27)33-20(38)11-6-15(35)16(36)7-12(11)21(33)39/h6-7,10,14,17,35-36H,2-5,8-9H2,1H3,(H2,28,29)(H,30,37)(H,41,42)(H,43,44)/b31-18-/t14-,17-,27?/m0/s1. The molecule has 21 nitrogen and oxygen atoms in total. The van der Waals surface area contributed by atoms with Gasteiger partial charge in [-0.05, 0) is 24.4 Å². The van der Waals surface area contributed by atoms with Gasteiger partial charge in [0, 0.05) is 37.7 Å². The SMILES string of the molecule is CN1CCC(O/N=C(\C(=O)N[C@@H]2CON(C3(C(=O)O)C[C@H](N4C(=O)c5cc(O)c(O)cc5C4=O)C(=O)O3)O2)c2csc(N)n2)(C(=O)O)CC1. The number of cyclic esters (lactones) is 1. The number of thiazole rings is 1. The van der Waals surface area contributed by atoms with E-state index >= 15 is 0 Å². The number of imide groups is 1. The van der Waals surface area contributed by atoms with Crippen LogP contribution in [0.25, 0.3) is 0 Å². The van der Waals surface area contributed by atoms with Gasteiger partial charge in [-0.2, -0.15) is 0 Å². The summed E-state index contributed by atoms with van der Waals surface area (Å²) in [5, 5.41) is 47.6. The Kier molecular flexibility index (Phi) is 8.36. The average molecular weight is 706 g/mol. The van der Waals surface area contributed by atoms with E-state index in [0.29, 0.717) is 23.2 Å². The number of esters is 1. The van der Waals surface area contributed by atoms with Crippen molar-refractivity contribution in [1.29, 1.82) is 0 Å². The first-order valence-electron chi connectivity index (χ1n) is 14.4. The van der Waals surface area contributed by atoms with Crippen LogP contribution in [0.5, 0.6) is 11.5 Å². The maximum absolute atomic E-state index is 13.4. The van der Waals surface area contributed by atoms with E-state index in [1.807, 2.05) is 11.9 Å². The van der Waals surface area contributed by atoms with Gasteiger partial charge in [0.05, 0.1) is 11.1 Å². The van der Waals surface area contributed by atoms with E-state index in [4.69, 9.17) is 25.0 Å². The highest BCUT2D eigenvalue weighted by molar-refractivity contribution is 7.13. The van der Waals surface area contributed by atoms with E-state index in [0.717, 1.165) is 23.5 Å². The van der Waals surface area contributed by atoms with Gasteiger partial charge in [0.1, 0.15) is 18.3 Å². The van der Waals surface area contributed by atoms with Gasteiger partial charge >= 0.3 is 23.6 Å². The van der Waals surface area contributed by atoms with E-state index < -0.39 is 89.5 Å². The molecule has 0 saturated carbocycles. The number of benzene rings is 1. The number of phenolic OH excluding ortho intramolecular Hbond substituents is 2. The van der Waals surface area contributed by atoms with Gasteiger partial charge < -0.3 is 46.0 Å². The lowest BCUT2D eigenvalue weighted by Crippen LogP contribution is -2.54. The molecule has 2 aromatic rings. The van der Waals surface area contributed by atoms with Gasteiger partial charge in [0.2, 0.25) is 5.60 Å². The van der Waals surface area contributed by atoms with E-state index in [1.54, 1.807) is 0 Å². The summed E-state index contributed by atoms with van der Waals surface area (Å²) in [5.41, 5.74) is -0.00716. The van der Waals surface area contributed by atoms with Crippen LogP contribution >= 0.6 is 11.3 Å². The monoisotopic (exact) mass is 705 g/mol. The summed E-state index contributed by atoms with van der Waals surface area (Å²) in [5.74, 6) is -8.98. The number of carbonyl (C=O) groups excluding carboxylic acids is 4. The second kappa shape index (κ2) is 12.2. The number of phenols is 2. The predicted octanol–water partition coefficient (Wildman–Crippen LogP) is -1.58. The highest BCUT2D eigenvalue weighted by Crippen LogP contribution is 2.40. The molecule has 6 rings (SSSR count). The number of hydrogen-bond donors (Lipinski definition) is 6. The number of hydrogen-bond acceptors (Lipinski definition) is 18. The fourth-order valence-electron chi connectivity index (χ4n) is 5.55. The second-order valence-electron chi connectivity index (χ2n) is 11.4. The fraction of sp³-hybridized carbons (Fsp3) is 0.407. The molecular weight excluding hydrogens is 678 g/mol. The Morgan fingerprint density at radius 2 is 1.71 bits per heavy atom. The molecule has 4 aliphatic heterocycles. The Balaban J connectivity index is 1.19. The number of amides is 3. The van der Waals surface area contributed by atoms with Crippen LogP contribution in [-0.2, 0) is 38.4 Å². The highest BCUT2D eigenvalue weighted by atomic mass is 32.1. The molecule has 1 aromatic carbocycles. The van der Waals surface area contributed by atoms with Crippen molar-refractivity contribution in [3.05, 3.63) is 34.3 Å². The second-order valence-corrected chi connectivity index (χ2v) is 12.3. The van der Waals surface area contributed by atoms with Crippen molar-refractivity contribution in [3.63, 3.8) is 0 Å². The zero-order valence-corrected chi connectivity index (χ0v) is 26.0. The number of nitrogen functional groups attached to an aromatic ring is 1. The van der Waals surface area contributed by atoms with Crippen molar-refractivity contribution in [2.75, 3.05) is 32.5 Å². The number of oxime groups is 1. The van der Waals surface area contributed by atoms with Crippen molar-refractivity contribution in [2.45, 2.75) is 42.9 Å². The molecule has 4 aliphatic rings. The number of likely N-dealkylation sites (tertiary alicyclic amines) is 1. The number of nitrogens with zero attached hydrogens (tertiary/aromatic N) is 5. The molecule has 0 aliphatic carbocycles. The minimum Gasteiger partial charge on any atom is -0.504 e. The number of aromatic nitrogens is 1. The van der Waals surface area contributed by atoms with Crippen LogP contribution < -0.4 is 11.1 Å². The number of aromatic hydroxyl groups is 2. The Hall–Kier alpha value is -5.42. The third kappa shape index (κ3) is 5.73. The van der Waals surface area contributed by atoms with Gasteiger partial charge in [-0.25, -0.2) is 24.2 Å². The van der Waals surface area contributed by atoms with Crippen LogP contribution in [0, 0.1) is 0 Å². The van der Waals surface area contributed by atoms with Crippen molar-refractivity contribution in [2.24, 2.45) is 5.16 Å². The Morgan fingerprint density at radius 3 is 2.27 bits per heavy atom. The summed E-state index contributed by atoms with van der Waals surface area (Å²) in [6.07, 6.45) is -2.22. The van der Waals surface area contributed by atoms with E-state index in [9.17, 15) is 49.2 Å². The minimum atomic E-state index is -2.76. The highest BCUT2D eigenvalue weighted by Gasteiger charge is 2.64. The smallest absolute Gasteiger partial charge is 0.368 e. The first-order chi connectivity index (χ1) is 23.2. The summed E-state index contributed by atoms with van der Waals surface area (Å²) < 4.78 is 5.14. The first-order valence-corrected chi connectivity index (χ1v) is 15.2. The number of rotatable bonds is 9. The molecule has 0 spiro atoms. The largest absolute Gasteiger partial charge is 0.504 e. The number of aliphatic carboxylic acids is 2. The molecule has 1 aromatic heterocycles. The Labute approximate surface area is 277 Å². The van der Waals surface area contributed by atoms with Crippen LogP contribution in [0.2, 0.25) is 0 Å².